The maximum absolute atomic E-state index is 12.0. The van der Waals surface area contributed by atoms with E-state index in [0.717, 1.165) is 25.7 Å². The van der Waals surface area contributed by atoms with Crippen LogP contribution in [0.3, 0.4) is 0 Å². The van der Waals surface area contributed by atoms with Crippen LogP contribution >= 0.6 is 0 Å². The van der Waals surface area contributed by atoms with E-state index in [1.165, 1.54) is 0 Å². The maximum Gasteiger partial charge on any atom is 0.508 e. The lowest BCUT2D eigenvalue weighted by atomic mass is 9.88. The summed E-state index contributed by atoms with van der Waals surface area (Å²) in [5, 5.41) is 0. The Hall–Kier alpha value is -0.810. The minimum absolute atomic E-state index is 0.0601. The molecular formula is C15H22O5. The number of rotatable bonds is 2. The van der Waals surface area contributed by atoms with Crippen LogP contribution in [0, 0.1) is 11.8 Å². The average Bonchev–Trinajstić information content (AvgIpc) is 3.26. The number of carbonyl (C=O) groups excluding carboxylic acids is 1. The van der Waals surface area contributed by atoms with E-state index in [1.54, 1.807) is 0 Å². The van der Waals surface area contributed by atoms with Crippen molar-refractivity contribution in [2.75, 3.05) is 0 Å². The standard InChI is InChI=1S/C15H22O5/c1-7-3-11-13(17-11)5-9(7)19-15(16)20-10-6-14-12(18-14)4-8(10)2/h7-14H,3-6H2,1-2H3. The van der Waals surface area contributed by atoms with Gasteiger partial charge in [0.1, 0.15) is 12.2 Å². The van der Waals surface area contributed by atoms with Gasteiger partial charge in [-0.2, -0.15) is 0 Å². The van der Waals surface area contributed by atoms with Gasteiger partial charge in [0.25, 0.3) is 0 Å². The molecule has 4 rings (SSSR count). The molecule has 0 aromatic rings. The van der Waals surface area contributed by atoms with E-state index in [9.17, 15) is 4.79 Å². The number of hydrogen-bond acceptors (Lipinski definition) is 5. The largest absolute Gasteiger partial charge is 0.508 e. The first-order chi connectivity index (χ1) is 9.60. The number of epoxide rings is 2. The first kappa shape index (κ1) is 12.9. The van der Waals surface area contributed by atoms with Gasteiger partial charge in [-0.05, 0) is 24.7 Å². The van der Waals surface area contributed by atoms with Crippen molar-refractivity contribution in [3.63, 3.8) is 0 Å². The molecule has 5 heteroatoms. The van der Waals surface area contributed by atoms with Gasteiger partial charge in [0.2, 0.25) is 0 Å². The van der Waals surface area contributed by atoms with E-state index < -0.39 is 6.16 Å². The zero-order valence-corrected chi connectivity index (χ0v) is 12.0. The first-order valence-corrected chi connectivity index (χ1v) is 7.78. The summed E-state index contributed by atoms with van der Waals surface area (Å²) in [6.45, 7) is 4.23. The number of fused-ring (bicyclic) bond motifs is 2. The van der Waals surface area contributed by atoms with Crippen molar-refractivity contribution in [1.82, 2.24) is 0 Å². The van der Waals surface area contributed by atoms with Gasteiger partial charge in [0, 0.05) is 12.8 Å². The van der Waals surface area contributed by atoms with Crippen LogP contribution in [0.5, 0.6) is 0 Å². The Morgan fingerprint density at radius 3 is 1.65 bits per heavy atom. The molecule has 2 saturated heterocycles. The molecule has 2 aliphatic heterocycles. The smallest absolute Gasteiger partial charge is 0.431 e. The summed E-state index contributed by atoms with van der Waals surface area (Å²) in [4.78, 5) is 12.0. The van der Waals surface area contributed by atoms with Crippen molar-refractivity contribution in [3.05, 3.63) is 0 Å². The quantitative estimate of drug-likeness (QED) is 0.574. The molecule has 0 amide bonds. The fourth-order valence-electron chi connectivity index (χ4n) is 3.75. The molecule has 112 valence electrons. The van der Waals surface area contributed by atoms with Gasteiger partial charge >= 0.3 is 6.16 Å². The second-order valence-electron chi connectivity index (χ2n) is 6.89. The van der Waals surface area contributed by atoms with Crippen molar-refractivity contribution in [1.29, 1.82) is 0 Å². The lowest BCUT2D eigenvalue weighted by molar-refractivity contribution is -0.0399. The third-order valence-electron chi connectivity index (χ3n) is 5.28. The van der Waals surface area contributed by atoms with Crippen LogP contribution < -0.4 is 0 Å². The zero-order chi connectivity index (χ0) is 13.9. The van der Waals surface area contributed by atoms with E-state index in [0.29, 0.717) is 36.3 Å². The van der Waals surface area contributed by atoms with Crippen LogP contribution in [-0.2, 0) is 18.9 Å². The fraction of sp³-hybridized carbons (Fsp3) is 0.933. The molecule has 2 saturated carbocycles. The molecule has 0 radical (unpaired) electrons. The summed E-state index contributed by atoms with van der Waals surface area (Å²) in [6, 6.07) is 0. The molecule has 0 aromatic carbocycles. The number of carbonyl (C=O) groups is 1. The molecule has 0 aromatic heterocycles. The Morgan fingerprint density at radius 1 is 0.800 bits per heavy atom. The first-order valence-electron chi connectivity index (χ1n) is 7.78. The maximum atomic E-state index is 12.0. The minimum atomic E-state index is -0.517. The van der Waals surface area contributed by atoms with E-state index in [-0.39, 0.29) is 12.2 Å². The summed E-state index contributed by atoms with van der Waals surface area (Å²) in [7, 11) is 0. The van der Waals surface area contributed by atoms with Gasteiger partial charge in [-0.3, -0.25) is 0 Å². The molecule has 20 heavy (non-hydrogen) atoms. The van der Waals surface area contributed by atoms with E-state index in [4.69, 9.17) is 18.9 Å². The van der Waals surface area contributed by atoms with Crippen LogP contribution in [0.4, 0.5) is 4.79 Å². The van der Waals surface area contributed by atoms with Crippen molar-refractivity contribution < 1.29 is 23.7 Å². The molecule has 4 aliphatic rings. The Morgan fingerprint density at radius 2 is 1.20 bits per heavy atom. The highest BCUT2D eigenvalue weighted by Crippen LogP contribution is 2.42. The Kier molecular flexibility index (Phi) is 2.96. The molecule has 2 heterocycles. The van der Waals surface area contributed by atoms with Gasteiger partial charge < -0.3 is 18.9 Å². The van der Waals surface area contributed by atoms with E-state index in [1.807, 2.05) is 0 Å². The van der Waals surface area contributed by atoms with E-state index >= 15 is 0 Å². The Balaban J connectivity index is 1.29. The number of hydrogen-bond donors (Lipinski definition) is 0. The van der Waals surface area contributed by atoms with Crippen molar-refractivity contribution in [2.45, 2.75) is 76.2 Å². The predicted molar refractivity (Wildman–Crippen MR) is 69.3 cm³/mol. The third kappa shape index (κ3) is 2.42. The molecule has 8 atom stereocenters. The normalized spacial score (nSPS) is 52.5. The molecule has 4 fully saturated rings. The topological polar surface area (TPSA) is 60.6 Å². The highest BCUT2D eigenvalue weighted by atomic mass is 16.7. The molecule has 5 nitrogen and oxygen atoms in total. The number of ether oxygens (including phenoxy) is 4. The van der Waals surface area contributed by atoms with Crippen molar-refractivity contribution in [3.8, 4) is 0 Å². The van der Waals surface area contributed by atoms with Gasteiger partial charge in [0.05, 0.1) is 24.4 Å². The van der Waals surface area contributed by atoms with Crippen LogP contribution in [0.2, 0.25) is 0 Å². The summed E-state index contributed by atoms with van der Waals surface area (Å²) in [5.74, 6) is 0.706. The molecular weight excluding hydrogens is 260 g/mol. The van der Waals surface area contributed by atoms with E-state index in [2.05, 4.69) is 13.8 Å². The second kappa shape index (κ2) is 4.60. The lowest BCUT2D eigenvalue weighted by Crippen LogP contribution is -2.36. The summed E-state index contributed by atoms with van der Waals surface area (Å²) >= 11 is 0. The predicted octanol–water partition coefficient (Wildman–Crippen LogP) is 2.27. The van der Waals surface area contributed by atoms with Gasteiger partial charge in [0.15, 0.2) is 0 Å². The molecule has 2 aliphatic carbocycles. The average molecular weight is 282 g/mol. The zero-order valence-electron chi connectivity index (χ0n) is 12.0. The van der Waals surface area contributed by atoms with Crippen molar-refractivity contribution >= 4 is 6.16 Å². The molecule has 0 spiro atoms. The Bertz CT molecular complexity index is 375. The van der Waals surface area contributed by atoms with Crippen LogP contribution in [0.15, 0.2) is 0 Å². The van der Waals surface area contributed by atoms with Gasteiger partial charge in [-0.25, -0.2) is 4.79 Å². The van der Waals surface area contributed by atoms with Crippen LogP contribution in [0.1, 0.15) is 39.5 Å². The SMILES string of the molecule is CC1CC2OC2CC1OC(=O)OC1CC2OC2CC1C. The third-order valence-corrected chi connectivity index (χ3v) is 5.28. The van der Waals surface area contributed by atoms with Gasteiger partial charge in [-0.1, -0.05) is 13.8 Å². The fourth-order valence-corrected chi connectivity index (χ4v) is 3.75. The molecule has 0 N–H and O–H groups in total. The van der Waals surface area contributed by atoms with Crippen LogP contribution in [0.25, 0.3) is 0 Å². The minimum Gasteiger partial charge on any atom is -0.431 e. The summed E-state index contributed by atoms with van der Waals surface area (Å²) in [5.41, 5.74) is 0. The highest BCUT2D eigenvalue weighted by molar-refractivity contribution is 5.60. The van der Waals surface area contributed by atoms with Gasteiger partial charge in [-0.15, -0.1) is 0 Å². The Labute approximate surface area is 118 Å². The molecule has 0 bridgehead atoms. The van der Waals surface area contributed by atoms with Crippen LogP contribution in [-0.4, -0.2) is 42.8 Å². The highest BCUT2D eigenvalue weighted by Gasteiger charge is 2.50. The summed E-state index contributed by atoms with van der Waals surface area (Å²) in [6.07, 6.45) is 4.38. The second-order valence-corrected chi connectivity index (χ2v) is 6.89. The summed E-state index contributed by atoms with van der Waals surface area (Å²) < 4.78 is 22.0. The molecule has 8 unspecified atom stereocenters. The van der Waals surface area contributed by atoms with Crippen molar-refractivity contribution in [2.24, 2.45) is 11.8 Å². The lowest BCUT2D eigenvalue weighted by Gasteiger charge is -2.29. The monoisotopic (exact) mass is 282 g/mol.